The van der Waals surface area contributed by atoms with Gasteiger partial charge in [-0.3, -0.25) is 9.59 Å². The minimum absolute atomic E-state index is 0.124. The van der Waals surface area contributed by atoms with Crippen molar-refractivity contribution in [2.24, 2.45) is 16.7 Å². The molecule has 1 unspecified atom stereocenters. The molecular weight excluding hydrogens is 672 g/mol. The maximum Gasteiger partial charge on any atom is 0.508 e. The Labute approximate surface area is 304 Å². The number of hydrogen-bond donors (Lipinski definition) is 3. The number of esters is 2. The smallest absolute Gasteiger partial charge is 0.455 e. The molecule has 0 spiro atoms. The SMILES string of the molecule is CC#CC#CC#CC.COC(=O)O[C@@]12CO[C@@H]1C[C@H](O)[C@@]1(C)C(=O)[C@H](OC(C)=O)C3=C(C)[C@@](C)(O)C[C@@](O)([C@@H](OC(=O)c4ccccc4)C12)C3(C)C. The first-order chi connectivity index (χ1) is 24.3. The van der Waals surface area contributed by atoms with E-state index in [1.54, 1.807) is 52.8 Å². The van der Waals surface area contributed by atoms with Crippen LogP contribution in [0.1, 0.15) is 78.6 Å². The zero-order valence-corrected chi connectivity index (χ0v) is 30.9. The second-order valence-electron chi connectivity index (χ2n) is 14.4. The molecule has 12 nitrogen and oxygen atoms in total. The van der Waals surface area contributed by atoms with Crippen molar-refractivity contribution in [2.45, 2.75) is 109 Å². The van der Waals surface area contributed by atoms with Crippen LogP contribution >= 0.6 is 0 Å². The first kappa shape index (κ1) is 40.1. The summed E-state index contributed by atoms with van der Waals surface area (Å²) in [4.78, 5) is 54.0. The van der Waals surface area contributed by atoms with Crippen LogP contribution in [0.5, 0.6) is 0 Å². The summed E-state index contributed by atoms with van der Waals surface area (Å²) in [5.41, 5.74) is -8.59. The molecule has 2 bridgehead atoms. The molecule has 278 valence electrons. The molecule has 4 aliphatic rings. The molecule has 5 rings (SSSR count). The standard InChI is InChI=1S/C32H40O12.C8H6/c1-16-21-22(42-17(2)33)24(35)30(6)19(34)13-20-31(15-41-20,44-27(37)40-7)23(30)25(43-26(36)18-11-9-8-10-12-18)32(39,28(21,3)4)14-29(16,5)38;1-3-5-7-8-6-4-2/h8-12,19-20,22-23,25,34,38-39H,13-15H2,1-7H3;1-2H3/t19-,20+,22+,23?,25-,29-,30+,31-,32+;/m0./s1. The van der Waals surface area contributed by atoms with Gasteiger partial charge in [-0.1, -0.05) is 43.9 Å². The zero-order valence-electron chi connectivity index (χ0n) is 30.9. The molecule has 52 heavy (non-hydrogen) atoms. The van der Waals surface area contributed by atoms with Crippen LogP contribution in [-0.4, -0.2) is 94.1 Å². The number of hydrogen-bond acceptors (Lipinski definition) is 12. The lowest BCUT2D eigenvalue weighted by Gasteiger charge is -2.67. The number of fused-ring (bicyclic) bond motifs is 5. The minimum Gasteiger partial charge on any atom is -0.455 e. The Kier molecular flexibility index (Phi) is 11.4. The second kappa shape index (κ2) is 14.8. The van der Waals surface area contributed by atoms with Crippen LogP contribution < -0.4 is 0 Å². The number of ether oxygens (including phenoxy) is 5. The molecule has 1 heterocycles. The summed E-state index contributed by atoms with van der Waals surface area (Å²) in [7, 11) is 1.10. The van der Waals surface area contributed by atoms with Gasteiger partial charge in [-0.15, -0.1) is 0 Å². The van der Waals surface area contributed by atoms with E-state index < -0.39 is 88.3 Å². The normalized spacial score (nSPS) is 35.0. The highest BCUT2D eigenvalue weighted by Crippen LogP contribution is 2.65. The van der Waals surface area contributed by atoms with Gasteiger partial charge in [0, 0.05) is 25.2 Å². The van der Waals surface area contributed by atoms with E-state index in [9.17, 15) is 34.5 Å². The van der Waals surface area contributed by atoms with Crippen molar-refractivity contribution >= 4 is 23.9 Å². The van der Waals surface area contributed by atoms with Crippen molar-refractivity contribution < 1.29 is 58.2 Å². The summed E-state index contributed by atoms with van der Waals surface area (Å²) in [6, 6.07) is 7.99. The molecule has 0 aromatic heterocycles. The summed E-state index contributed by atoms with van der Waals surface area (Å²) < 4.78 is 28.4. The van der Waals surface area contributed by atoms with Crippen molar-refractivity contribution in [1.29, 1.82) is 0 Å². The average Bonchev–Trinajstić information content (AvgIpc) is 3.08. The molecule has 1 aromatic rings. The summed E-state index contributed by atoms with van der Waals surface area (Å²) in [6.07, 6.45) is -7.46. The Hall–Kier alpha value is -4.64. The van der Waals surface area contributed by atoms with E-state index in [0.29, 0.717) is 0 Å². The number of Topliss-reactive ketones (excluding diaryl/α,β-unsaturated/α-hetero) is 1. The Bertz CT molecular complexity index is 1800. The fraction of sp³-hybridized carbons (Fsp3) is 0.550. The number of carbonyl (C=O) groups is 4. The van der Waals surface area contributed by atoms with Crippen molar-refractivity contribution in [3.63, 3.8) is 0 Å². The van der Waals surface area contributed by atoms with Crippen molar-refractivity contribution in [1.82, 2.24) is 0 Å². The van der Waals surface area contributed by atoms with E-state index in [0.717, 1.165) is 14.0 Å². The summed E-state index contributed by atoms with van der Waals surface area (Å²) in [5, 5.41) is 36.6. The predicted octanol–water partition coefficient (Wildman–Crippen LogP) is 3.30. The van der Waals surface area contributed by atoms with E-state index >= 15 is 0 Å². The third-order valence-electron chi connectivity index (χ3n) is 11.1. The van der Waals surface area contributed by atoms with Crippen LogP contribution in [0.4, 0.5) is 4.79 Å². The van der Waals surface area contributed by atoms with Crippen LogP contribution in [0, 0.1) is 52.3 Å². The summed E-state index contributed by atoms with van der Waals surface area (Å²) in [6.45, 7) is 12.0. The van der Waals surface area contributed by atoms with Crippen LogP contribution in [0.25, 0.3) is 0 Å². The van der Waals surface area contributed by atoms with Crippen LogP contribution in [0.3, 0.4) is 0 Å². The number of carbonyl (C=O) groups excluding carboxylic acids is 4. The Morgan fingerprint density at radius 2 is 1.54 bits per heavy atom. The maximum atomic E-state index is 14.9. The summed E-state index contributed by atoms with van der Waals surface area (Å²) in [5.74, 6) is 11.6. The molecule has 2 saturated carbocycles. The van der Waals surface area contributed by atoms with Crippen molar-refractivity contribution in [3.05, 3.63) is 47.0 Å². The van der Waals surface area contributed by atoms with E-state index in [2.05, 4.69) is 35.5 Å². The second-order valence-corrected chi connectivity index (χ2v) is 14.4. The molecule has 0 radical (unpaired) electrons. The van der Waals surface area contributed by atoms with Crippen LogP contribution in [0.2, 0.25) is 0 Å². The van der Waals surface area contributed by atoms with E-state index in [4.69, 9.17) is 23.7 Å². The minimum atomic E-state index is -2.19. The van der Waals surface area contributed by atoms with Gasteiger partial charge >= 0.3 is 18.1 Å². The van der Waals surface area contributed by atoms with Gasteiger partial charge in [0.05, 0.1) is 42.3 Å². The van der Waals surface area contributed by atoms with Crippen LogP contribution in [0.15, 0.2) is 41.5 Å². The monoisotopic (exact) mass is 718 g/mol. The highest BCUT2D eigenvalue weighted by molar-refractivity contribution is 5.95. The van der Waals surface area contributed by atoms with Crippen molar-refractivity contribution in [3.8, 4) is 35.5 Å². The molecule has 1 saturated heterocycles. The average molecular weight is 719 g/mol. The molecule has 1 aliphatic heterocycles. The predicted molar refractivity (Wildman–Crippen MR) is 186 cm³/mol. The molecule has 9 atom stereocenters. The molecule has 1 aromatic carbocycles. The first-order valence-electron chi connectivity index (χ1n) is 16.8. The van der Waals surface area contributed by atoms with Crippen molar-refractivity contribution in [2.75, 3.05) is 13.7 Å². The third kappa shape index (κ3) is 6.59. The molecule has 12 heteroatoms. The fourth-order valence-corrected chi connectivity index (χ4v) is 8.26. The maximum absolute atomic E-state index is 14.9. The fourth-order valence-electron chi connectivity index (χ4n) is 8.26. The Morgan fingerprint density at radius 3 is 2.04 bits per heavy atom. The van der Waals surface area contributed by atoms with Gasteiger partial charge in [0.2, 0.25) is 0 Å². The molecule has 3 aliphatic carbocycles. The lowest BCUT2D eigenvalue weighted by atomic mass is 9.44. The topological polar surface area (TPSA) is 175 Å². The number of aliphatic hydroxyl groups excluding tert-OH is 1. The first-order valence-corrected chi connectivity index (χ1v) is 16.8. The highest BCUT2D eigenvalue weighted by Gasteiger charge is 2.79. The van der Waals surface area contributed by atoms with Gasteiger partial charge in [-0.05, 0) is 81.6 Å². The van der Waals surface area contributed by atoms with E-state index in [-0.39, 0.29) is 29.7 Å². The van der Waals surface area contributed by atoms with Gasteiger partial charge in [-0.25, -0.2) is 9.59 Å². The number of methoxy groups -OCH3 is 1. The molecule has 3 fully saturated rings. The number of benzene rings is 1. The van der Waals surface area contributed by atoms with E-state index in [1.165, 1.54) is 26.0 Å². The molecular formula is C40H46O12. The van der Waals surface area contributed by atoms with Gasteiger partial charge in [-0.2, -0.15) is 0 Å². The van der Waals surface area contributed by atoms with Gasteiger partial charge in [0.1, 0.15) is 17.8 Å². The Morgan fingerprint density at radius 1 is 0.942 bits per heavy atom. The summed E-state index contributed by atoms with van der Waals surface area (Å²) >= 11 is 0. The lowest BCUT2D eigenvalue weighted by Crippen LogP contribution is -2.82. The van der Waals surface area contributed by atoms with Gasteiger partial charge in [0.15, 0.2) is 17.5 Å². The lowest BCUT2D eigenvalue weighted by molar-refractivity contribution is -0.345. The van der Waals surface area contributed by atoms with E-state index in [1.807, 2.05) is 0 Å². The number of aliphatic hydroxyl groups is 3. The molecule has 0 amide bonds. The number of rotatable bonds is 4. The van der Waals surface area contributed by atoms with Gasteiger partial charge < -0.3 is 39.0 Å². The highest BCUT2D eigenvalue weighted by atomic mass is 16.8. The Balaban J connectivity index is 0.000000677. The zero-order chi connectivity index (χ0) is 38.9. The van der Waals surface area contributed by atoms with Gasteiger partial charge in [0.25, 0.3) is 0 Å². The molecule has 3 N–H and O–H groups in total. The largest absolute Gasteiger partial charge is 0.508 e. The quantitative estimate of drug-likeness (QED) is 0.180. The third-order valence-corrected chi connectivity index (χ3v) is 11.1. The number of ketones is 1. The van der Waals surface area contributed by atoms with Crippen LogP contribution in [-0.2, 0) is 33.3 Å².